The van der Waals surface area contributed by atoms with Crippen LogP contribution < -0.4 is 0 Å². The van der Waals surface area contributed by atoms with Crippen molar-refractivity contribution in [3.63, 3.8) is 0 Å². The van der Waals surface area contributed by atoms with E-state index in [1.807, 2.05) is 18.2 Å². The number of halogens is 1. The maximum atomic E-state index is 4.58. The van der Waals surface area contributed by atoms with Crippen molar-refractivity contribution in [2.75, 3.05) is 20.6 Å². The number of hydrogen-bond donors (Lipinski definition) is 0. The van der Waals surface area contributed by atoms with Crippen LogP contribution in [0, 0.1) is 6.92 Å². The summed E-state index contributed by atoms with van der Waals surface area (Å²) in [6.45, 7) is 2.99. The first-order chi connectivity index (χ1) is 9.56. The Labute approximate surface area is 129 Å². The zero-order valence-corrected chi connectivity index (χ0v) is 13.7. The second-order valence-electron chi connectivity index (χ2n) is 5.09. The molecule has 1 aromatic carbocycles. The summed E-state index contributed by atoms with van der Waals surface area (Å²) in [5, 5.41) is 0. The predicted octanol–water partition coefficient (Wildman–Crippen LogP) is 4.15. The fraction of sp³-hybridized carbons (Fsp3) is 0.235. The summed E-state index contributed by atoms with van der Waals surface area (Å²) < 4.78 is 0.859. The molecule has 1 aromatic heterocycles. The Morgan fingerprint density at radius 1 is 1.15 bits per heavy atom. The summed E-state index contributed by atoms with van der Waals surface area (Å²) in [7, 11) is 4.13. The maximum absolute atomic E-state index is 4.58. The number of nitrogens with zero attached hydrogens (tertiary/aromatic N) is 2. The third-order valence-corrected chi connectivity index (χ3v) is 3.46. The molecule has 104 valence electrons. The lowest BCUT2D eigenvalue weighted by atomic mass is 10.0. The maximum Gasteiger partial charge on any atom is 0.106 e. The molecule has 0 aliphatic carbocycles. The normalized spacial score (nSPS) is 11.9. The summed E-state index contributed by atoms with van der Waals surface area (Å²) in [4.78, 5) is 6.73. The van der Waals surface area contributed by atoms with Crippen LogP contribution in [0.15, 0.2) is 53.1 Å². The number of likely N-dealkylation sites (N-methyl/N-ethyl adjacent to an activating group) is 1. The van der Waals surface area contributed by atoms with Crippen molar-refractivity contribution in [1.29, 1.82) is 0 Å². The minimum Gasteiger partial charge on any atom is -0.306 e. The molecular weight excluding hydrogens is 312 g/mol. The SMILES string of the molecule is Cc1ccc(/C(=C/CN(C)C)c2cccc(Br)n2)cc1. The molecule has 20 heavy (non-hydrogen) atoms. The van der Waals surface area contributed by atoms with Gasteiger partial charge in [-0.05, 0) is 54.6 Å². The van der Waals surface area contributed by atoms with Gasteiger partial charge in [-0.15, -0.1) is 0 Å². The Hall–Kier alpha value is -1.45. The average Bonchev–Trinajstić information content (AvgIpc) is 2.41. The van der Waals surface area contributed by atoms with Crippen LogP contribution in [0.25, 0.3) is 5.57 Å². The molecule has 0 aliphatic rings. The Morgan fingerprint density at radius 2 is 1.85 bits per heavy atom. The van der Waals surface area contributed by atoms with Gasteiger partial charge in [-0.25, -0.2) is 4.98 Å². The Morgan fingerprint density at radius 3 is 2.45 bits per heavy atom. The Balaban J connectivity index is 2.44. The molecule has 2 rings (SSSR count). The van der Waals surface area contributed by atoms with Crippen molar-refractivity contribution in [1.82, 2.24) is 9.88 Å². The molecule has 0 unspecified atom stereocenters. The van der Waals surface area contributed by atoms with Gasteiger partial charge in [0.1, 0.15) is 4.60 Å². The zero-order valence-electron chi connectivity index (χ0n) is 12.1. The molecule has 0 saturated carbocycles. The lowest BCUT2D eigenvalue weighted by Gasteiger charge is -2.11. The highest BCUT2D eigenvalue weighted by molar-refractivity contribution is 9.10. The van der Waals surface area contributed by atoms with Crippen LogP contribution in [0.2, 0.25) is 0 Å². The third kappa shape index (κ3) is 4.02. The fourth-order valence-corrected chi connectivity index (χ4v) is 2.28. The van der Waals surface area contributed by atoms with E-state index in [0.717, 1.165) is 16.8 Å². The van der Waals surface area contributed by atoms with E-state index in [2.05, 4.69) is 77.2 Å². The highest BCUT2D eigenvalue weighted by Crippen LogP contribution is 2.23. The van der Waals surface area contributed by atoms with Crippen molar-refractivity contribution >= 4 is 21.5 Å². The summed E-state index contributed by atoms with van der Waals surface area (Å²) >= 11 is 3.45. The number of hydrogen-bond acceptors (Lipinski definition) is 2. The number of pyridine rings is 1. The summed E-state index contributed by atoms with van der Waals surface area (Å²) in [6, 6.07) is 14.6. The molecule has 0 atom stereocenters. The van der Waals surface area contributed by atoms with Gasteiger partial charge in [0.25, 0.3) is 0 Å². The molecule has 0 amide bonds. The lowest BCUT2D eigenvalue weighted by molar-refractivity contribution is 0.457. The van der Waals surface area contributed by atoms with Crippen molar-refractivity contribution in [3.05, 3.63) is 70.0 Å². The molecule has 0 radical (unpaired) electrons. The molecule has 0 N–H and O–H groups in total. The van der Waals surface area contributed by atoms with Crippen LogP contribution in [-0.2, 0) is 0 Å². The molecule has 0 aliphatic heterocycles. The quantitative estimate of drug-likeness (QED) is 0.783. The molecule has 0 fully saturated rings. The van der Waals surface area contributed by atoms with Crippen molar-refractivity contribution in [3.8, 4) is 0 Å². The first-order valence-electron chi connectivity index (χ1n) is 6.61. The predicted molar refractivity (Wildman–Crippen MR) is 88.7 cm³/mol. The molecule has 1 heterocycles. The molecule has 0 spiro atoms. The largest absolute Gasteiger partial charge is 0.306 e. The minimum absolute atomic E-state index is 0.859. The average molecular weight is 331 g/mol. The second kappa shape index (κ2) is 6.82. The van der Waals surface area contributed by atoms with Gasteiger partial charge in [0.2, 0.25) is 0 Å². The summed E-state index contributed by atoms with van der Waals surface area (Å²) in [6.07, 6.45) is 2.22. The molecular formula is C17H19BrN2. The number of benzene rings is 1. The number of aryl methyl sites for hydroxylation is 1. The van der Waals surface area contributed by atoms with E-state index in [0.29, 0.717) is 0 Å². The van der Waals surface area contributed by atoms with Crippen LogP contribution in [-0.4, -0.2) is 30.5 Å². The summed E-state index contributed by atoms with van der Waals surface area (Å²) in [5.41, 5.74) is 4.62. The van der Waals surface area contributed by atoms with Gasteiger partial charge in [0.15, 0.2) is 0 Å². The van der Waals surface area contributed by atoms with Gasteiger partial charge in [-0.2, -0.15) is 0 Å². The topological polar surface area (TPSA) is 16.1 Å². The van der Waals surface area contributed by atoms with E-state index >= 15 is 0 Å². The van der Waals surface area contributed by atoms with Crippen LogP contribution in [0.4, 0.5) is 0 Å². The van der Waals surface area contributed by atoms with Gasteiger partial charge in [0, 0.05) is 12.1 Å². The van der Waals surface area contributed by atoms with E-state index in [9.17, 15) is 0 Å². The lowest BCUT2D eigenvalue weighted by Crippen LogP contribution is -2.11. The Kier molecular flexibility index (Phi) is 5.10. The van der Waals surface area contributed by atoms with Crippen molar-refractivity contribution in [2.45, 2.75) is 6.92 Å². The van der Waals surface area contributed by atoms with Crippen molar-refractivity contribution < 1.29 is 0 Å². The second-order valence-corrected chi connectivity index (χ2v) is 5.90. The van der Waals surface area contributed by atoms with Gasteiger partial charge in [-0.3, -0.25) is 0 Å². The molecule has 0 bridgehead atoms. The van der Waals surface area contributed by atoms with E-state index in [4.69, 9.17) is 0 Å². The molecule has 0 saturated heterocycles. The highest BCUT2D eigenvalue weighted by Gasteiger charge is 2.07. The van der Waals surface area contributed by atoms with Gasteiger partial charge >= 0.3 is 0 Å². The smallest absolute Gasteiger partial charge is 0.106 e. The van der Waals surface area contributed by atoms with E-state index in [-0.39, 0.29) is 0 Å². The van der Waals surface area contributed by atoms with Gasteiger partial charge in [-0.1, -0.05) is 42.0 Å². The number of aromatic nitrogens is 1. The van der Waals surface area contributed by atoms with Crippen molar-refractivity contribution in [2.24, 2.45) is 0 Å². The zero-order chi connectivity index (χ0) is 14.5. The first-order valence-corrected chi connectivity index (χ1v) is 7.40. The molecule has 2 nitrogen and oxygen atoms in total. The highest BCUT2D eigenvalue weighted by atomic mass is 79.9. The van der Waals surface area contributed by atoms with Crippen LogP contribution in [0.5, 0.6) is 0 Å². The minimum atomic E-state index is 0.859. The fourth-order valence-electron chi connectivity index (χ4n) is 1.94. The van der Waals surface area contributed by atoms with Crippen LogP contribution in [0.1, 0.15) is 16.8 Å². The first kappa shape index (κ1) is 14.9. The van der Waals surface area contributed by atoms with Gasteiger partial charge < -0.3 is 4.90 Å². The van der Waals surface area contributed by atoms with E-state index < -0.39 is 0 Å². The van der Waals surface area contributed by atoms with E-state index in [1.54, 1.807) is 0 Å². The van der Waals surface area contributed by atoms with Crippen LogP contribution in [0.3, 0.4) is 0 Å². The monoisotopic (exact) mass is 330 g/mol. The third-order valence-electron chi connectivity index (χ3n) is 3.01. The molecule has 3 heteroatoms. The Bertz CT molecular complexity index is 601. The summed E-state index contributed by atoms with van der Waals surface area (Å²) in [5.74, 6) is 0. The van der Waals surface area contributed by atoms with E-state index in [1.165, 1.54) is 16.7 Å². The standard InChI is InChI=1S/C17H19BrN2/c1-13-7-9-14(10-8-13)15(11-12-20(2)3)16-5-4-6-17(18)19-16/h4-11H,12H2,1-3H3/b15-11-. The van der Waals surface area contributed by atoms with Crippen LogP contribution >= 0.6 is 15.9 Å². The van der Waals surface area contributed by atoms with Gasteiger partial charge in [0.05, 0.1) is 5.69 Å². The number of rotatable bonds is 4. The molecule has 2 aromatic rings.